The Bertz CT molecular complexity index is 1580. The van der Waals surface area contributed by atoms with Crippen molar-refractivity contribution in [3.63, 3.8) is 0 Å². The minimum absolute atomic E-state index is 0.0185. The van der Waals surface area contributed by atoms with Crippen LogP contribution in [0.5, 0.6) is 0 Å². The number of hydrogen-bond acceptors (Lipinski definition) is 4. The topological polar surface area (TPSA) is 86.8 Å². The number of nitrogens with one attached hydrogen (secondary N) is 1. The number of likely N-dealkylation sites (N-methyl/N-ethyl adjacent to an activating group) is 1. The quantitative estimate of drug-likeness (QED) is 0.260. The predicted octanol–water partition coefficient (Wildman–Crippen LogP) is 5.23. The van der Waals surface area contributed by atoms with Crippen LogP contribution in [0.2, 0.25) is 5.02 Å². The molecule has 4 aromatic carbocycles. The van der Waals surface area contributed by atoms with Crippen LogP contribution in [0.3, 0.4) is 0 Å². The largest absolute Gasteiger partial charge is 0.357 e. The molecule has 2 amide bonds. The van der Waals surface area contributed by atoms with E-state index < -0.39 is 28.5 Å². The van der Waals surface area contributed by atoms with Gasteiger partial charge in [0.2, 0.25) is 11.8 Å². The molecule has 0 fully saturated rings. The van der Waals surface area contributed by atoms with Gasteiger partial charge in [-0.05, 0) is 42.3 Å². The maximum Gasteiger partial charge on any atom is 0.264 e. The van der Waals surface area contributed by atoms with Gasteiger partial charge in [-0.3, -0.25) is 13.9 Å². The molecule has 0 radical (unpaired) electrons. The summed E-state index contributed by atoms with van der Waals surface area (Å²) in [5, 5.41) is 2.86. The molecule has 0 aromatic heterocycles. The van der Waals surface area contributed by atoms with Crippen molar-refractivity contribution in [2.45, 2.75) is 30.8 Å². The molecule has 1 N–H and O–H groups in total. The van der Waals surface area contributed by atoms with Crippen molar-refractivity contribution in [2.75, 3.05) is 17.9 Å². The van der Waals surface area contributed by atoms with E-state index in [9.17, 15) is 18.0 Å². The van der Waals surface area contributed by atoms with E-state index in [-0.39, 0.29) is 34.5 Å². The van der Waals surface area contributed by atoms with Crippen LogP contribution in [0.25, 0.3) is 0 Å². The molecule has 0 heterocycles. The SMILES string of the molecule is CNC(=O)[C@@H](Cc1ccccc1)N(Cc1ccc(C)cc1)C(=O)CN(c1ccccc1Cl)S(=O)(=O)c1ccccc1. The van der Waals surface area contributed by atoms with Gasteiger partial charge in [0, 0.05) is 20.0 Å². The first-order valence-electron chi connectivity index (χ1n) is 13.1. The number of sulfonamides is 1. The Hall–Kier alpha value is -4.14. The van der Waals surface area contributed by atoms with Crippen molar-refractivity contribution < 1.29 is 18.0 Å². The number of hydrogen-bond donors (Lipinski definition) is 1. The zero-order valence-corrected chi connectivity index (χ0v) is 24.5. The van der Waals surface area contributed by atoms with Crippen LogP contribution in [0.1, 0.15) is 16.7 Å². The highest BCUT2D eigenvalue weighted by atomic mass is 35.5. The van der Waals surface area contributed by atoms with Gasteiger partial charge in [-0.25, -0.2) is 8.42 Å². The first-order valence-corrected chi connectivity index (χ1v) is 15.0. The molecular weight excluding hydrogens is 558 g/mol. The molecule has 0 unspecified atom stereocenters. The second-order valence-corrected chi connectivity index (χ2v) is 11.9. The Kier molecular flexibility index (Phi) is 9.81. The van der Waals surface area contributed by atoms with E-state index in [0.29, 0.717) is 0 Å². The van der Waals surface area contributed by atoms with Gasteiger partial charge in [0.25, 0.3) is 10.0 Å². The number of carbonyl (C=O) groups excluding carboxylic acids is 2. The lowest BCUT2D eigenvalue weighted by molar-refractivity contribution is -0.139. The molecule has 9 heteroatoms. The Labute approximate surface area is 246 Å². The Balaban J connectivity index is 1.78. The van der Waals surface area contributed by atoms with Gasteiger partial charge < -0.3 is 10.2 Å². The number of amides is 2. The second kappa shape index (κ2) is 13.5. The lowest BCUT2D eigenvalue weighted by Crippen LogP contribution is -2.53. The molecule has 0 bridgehead atoms. The zero-order valence-electron chi connectivity index (χ0n) is 22.9. The summed E-state index contributed by atoms with van der Waals surface area (Å²) < 4.78 is 28.8. The van der Waals surface area contributed by atoms with Crippen molar-refractivity contribution in [2.24, 2.45) is 0 Å². The minimum Gasteiger partial charge on any atom is -0.357 e. The summed E-state index contributed by atoms with van der Waals surface area (Å²) in [6.45, 7) is 1.51. The second-order valence-electron chi connectivity index (χ2n) is 9.60. The van der Waals surface area contributed by atoms with Crippen LogP contribution in [0, 0.1) is 6.92 Å². The third kappa shape index (κ3) is 7.34. The normalized spacial score (nSPS) is 11.9. The highest BCUT2D eigenvalue weighted by Crippen LogP contribution is 2.31. The van der Waals surface area contributed by atoms with E-state index in [1.165, 1.54) is 24.1 Å². The Morgan fingerprint density at radius 3 is 2.00 bits per heavy atom. The van der Waals surface area contributed by atoms with Crippen molar-refractivity contribution in [1.29, 1.82) is 0 Å². The van der Waals surface area contributed by atoms with Gasteiger partial charge in [0.05, 0.1) is 15.6 Å². The number of nitrogens with zero attached hydrogens (tertiary/aromatic N) is 2. The number of carbonyl (C=O) groups is 2. The molecule has 7 nitrogen and oxygen atoms in total. The predicted molar refractivity (Wildman–Crippen MR) is 162 cm³/mol. The van der Waals surface area contributed by atoms with E-state index in [1.54, 1.807) is 42.5 Å². The zero-order chi connectivity index (χ0) is 29.4. The lowest BCUT2D eigenvalue weighted by atomic mass is 10.0. The van der Waals surface area contributed by atoms with Crippen molar-refractivity contribution in [3.05, 3.63) is 131 Å². The molecule has 4 aromatic rings. The highest BCUT2D eigenvalue weighted by Gasteiger charge is 2.34. The summed E-state index contributed by atoms with van der Waals surface area (Å²) in [7, 11) is -2.67. The fourth-order valence-electron chi connectivity index (χ4n) is 4.50. The van der Waals surface area contributed by atoms with Crippen LogP contribution in [-0.2, 0) is 32.6 Å². The maximum atomic E-state index is 14.2. The average Bonchev–Trinajstić information content (AvgIpc) is 2.99. The van der Waals surface area contributed by atoms with Crippen LogP contribution in [0.4, 0.5) is 5.69 Å². The molecule has 41 heavy (non-hydrogen) atoms. The lowest BCUT2D eigenvalue weighted by Gasteiger charge is -2.33. The first kappa shape index (κ1) is 29.8. The van der Waals surface area contributed by atoms with Crippen molar-refractivity contribution in [1.82, 2.24) is 10.2 Å². The van der Waals surface area contributed by atoms with Crippen molar-refractivity contribution >= 4 is 39.1 Å². The van der Waals surface area contributed by atoms with E-state index in [4.69, 9.17) is 11.6 Å². The van der Waals surface area contributed by atoms with Gasteiger partial charge in [-0.1, -0.05) is 102 Å². The molecule has 0 saturated heterocycles. The summed E-state index contributed by atoms with van der Waals surface area (Å²) in [6, 6.07) is 30.5. The number of para-hydroxylation sites is 1. The summed E-state index contributed by atoms with van der Waals surface area (Å²) >= 11 is 6.47. The standard InChI is InChI=1S/C32H32ClN3O4S/c1-24-17-19-26(20-18-24)22-35(30(32(38)34-2)21-25-11-5-3-6-12-25)31(37)23-36(29-16-10-9-15-28(29)33)41(39,40)27-13-7-4-8-14-27/h3-20,30H,21-23H2,1-2H3,(H,34,38)/t30-/m1/s1. The average molecular weight is 590 g/mol. The van der Waals surface area contributed by atoms with Gasteiger partial charge in [-0.15, -0.1) is 0 Å². The van der Waals surface area contributed by atoms with Gasteiger partial charge in [0.15, 0.2) is 0 Å². The van der Waals surface area contributed by atoms with Crippen LogP contribution < -0.4 is 9.62 Å². The van der Waals surface area contributed by atoms with E-state index >= 15 is 0 Å². The molecule has 0 saturated carbocycles. The number of aryl methyl sites for hydroxylation is 1. The van der Waals surface area contributed by atoms with Gasteiger partial charge in [0.1, 0.15) is 12.6 Å². The smallest absolute Gasteiger partial charge is 0.264 e. The monoisotopic (exact) mass is 589 g/mol. The fraction of sp³-hybridized carbons (Fsp3) is 0.188. The van der Waals surface area contributed by atoms with E-state index in [1.807, 2.05) is 61.5 Å². The third-order valence-corrected chi connectivity index (χ3v) is 8.82. The molecule has 0 spiro atoms. The fourth-order valence-corrected chi connectivity index (χ4v) is 6.24. The molecule has 0 aliphatic rings. The summed E-state index contributed by atoms with van der Waals surface area (Å²) in [4.78, 5) is 29.0. The number of halogens is 1. The third-order valence-electron chi connectivity index (χ3n) is 6.72. The van der Waals surface area contributed by atoms with E-state index in [0.717, 1.165) is 21.0 Å². The summed E-state index contributed by atoms with van der Waals surface area (Å²) in [5.74, 6) is -0.904. The summed E-state index contributed by atoms with van der Waals surface area (Å²) in [5.41, 5.74) is 2.89. The number of rotatable bonds is 11. The molecule has 1 atom stereocenters. The van der Waals surface area contributed by atoms with Crippen molar-refractivity contribution in [3.8, 4) is 0 Å². The Morgan fingerprint density at radius 2 is 1.39 bits per heavy atom. The van der Waals surface area contributed by atoms with Gasteiger partial charge in [-0.2, -0.15) is 0 Å². The molecule has 0 aliphatic heterocycles. The summed E-state index contributed by atoms with van der Waals surface area (Å²) in [6.07, 6.45) is 0.246. The van der Waals surface area contributed by atoms with Gasteiger partial charge >= 0.3 is 0 Å². The van der Waals surface area contributed by atoms with E-state index in [2.05, 4.69) is 5.32 Å². The molecule has 212 valence electrons. The number of anilines is 1. The Morgan fingerprint density at radius 1 is 0.805 bits per heavy atom. The first-order chi connectivity index (χ1) is 19.7. The van der Waals surface area contributed by atoms with Crippen LogP contribution in [0.15, 0.2) is 114 Å². The molecule has 4 rings (SSSR count). The molecule has 0 aliphatic carbocycles. The van der Waals surface area contributed by atoms with Crippen LogP contribution >= 0.6 is 11.6 Å². The van der Waals surface area contributed by atoms with Crippen LogP contribution in [-0.4, -0.2) is 44.8 Å². The molecular formula is C32H32ClN3O4S. The number of benzene rings is 4. The minimum atomic E-state index is -4.19. The highest BCUT2D eigenvalue weighted by molar-refractivity contribution is 7.92. The maximum absolute atomic E-state index is 14.2.